The number of halogens is 4. The number of amides is 1. The van der Waals surface area contributed by atoms with Gasteiger partial charge >= 0.3 is 12.3 Å². The molecule has 7 heteroatoms. The van der Waals surface area contributed by atoms with Gasteiger partial charge in [0.15, 0.2) is 6.07 Å². The van der Waals surface area contributed by atoms with Crippen molar-refractivity contribution < 1.29 is 22.7 Å². The third kappa shape index (κ3) is 3.52. The highest BCUT2D eigenvalue weighted by molar-refractivity contribution is 6.17. The molecule has 0 atom stereocenters. The van der Waals surface area contributed by atoms with Crippen molar-refractivity contribution in [1.82, 2.24) is 0 Å². The summed E-state index contributed by atoms with van der Waals surface area (Å²) in [5.41, 5.74) is -0.492. The highest BCUT2D eigenvalue weighted by Gasteiger charge is 2.30. The molecule has 0 aliphatic carbocycles. The van der Waals surface area contributed by atoms with Crippen LogP contribution in [0.15, 0.2) is 24.3 Å². The molecular weight excluding hydrogens is 259 g/mol. The van der Waals surface area contributed by atoms with Crippen LogP contribution < -0.4 is 4.90 Å². The maximum atomic E-state index is 12.3. The van der Waals surface area contributed by atoms with Gasteiger partial charge in [-0.1, -0.05) is 11.6 Å². The van der Waals surface area contributed by atoms with Crippen LogP contribution in [0.1, 0.15) is 5.56 Å². The Kier molecular flexibility index (Phi) is 4.22. The third-order valence-corrected chi connectivity index (χ3v) is 2.14. The first-order valence-electron chi connectivity index (χ1n) is 4.50. The van der Waals surface area contributed by atoms with E-state index in [0.717, 1.165) is 17.0 Å². The summed E-state index contributed by atoms with van der Waals surface area (Å²) in [6.07, 6.45) is -5.13. The van der Waals surface area contributed by atoms with E-state index >= 15 is 0 Å². The van der Waals surface area contributed by atoms with Crippen molar-refractivity contribution in [3.05, 3.63) is 29.8 Å². The van der Waals surface area contributed by atoms with E-state index in [4.69, 9.17) is 11.6 Å². The Hall–Kier alpha value is -1.43. The number of rotatable bonds is 2. The van der Waals surface area contributed by atoms with Crippen LogP contribution in [0.25, 0.3) is 0 Å². The fourth-order valence-corrected chi connectivity index (χ4v) is 1.22. The summed E-state index contributed by atoms with van der Waals surface area (Å²) in [7, 11) is 1.37. The average molecular weight is 268 g/mol. The van der Waals surface area contributed by atoms with Crippen LogP contribution in [0.5, 0.6) is 0 Å². The molecule has 0 radical (unpaired) electrons. The fraction of sp³-hybridized carbons (Fsp3) is 0.300. The average Bonchev–Trinajstić information content (AvgIpc) is 2.27. The zero-order valence-electron chi connectivity index (χ0n) is 8.79. The van der Waals surface area contributed by atoms with E-state index in [1.165, 1.54) is 19.2 Å². The molecule has 0 aromatic heterocycles. The molecule has 1 aromatic rings. The maximum Gasteiger partial charge on any atom is 0.416 e. The predicted octanol–water partition coefficient (Wildman–Crippen LogP) is 3.47. The molecule has 0 aliphatic rings. The van der Waals surface area contributed by atoms with E-state index in [-0.39, 0.29) is 11.8 Å². The summed E-state index contributed by atoms with van der Waals surface area (Å²) in [4.78, 5) is 12.3. The molecule has 0 spiro atoms. The highest BCUT2D eigenvalue weighted by Crippen LogP contribution is 2.30. The molecule has 17 heavy (non-hydrogen) atoms. The van der Waals surface area contributed by atoms with Crippen LogP contribution in [0.3, 0.4) is 0 Å². The Labute approximate surface area is 101 Å². The normalized spacial score (nSPS) is 11.1. The summed E-state index contributed by atoms with van der Waals surface area (Å²) in [6.45, 7) is 0. The molecule has 0 saturated carbocycles. The van der Waals surface area contributed by atoms with Gasteiger partial charge < -0.3 is 4.74 Å². The molecule has 0 saturated heterocycles. The molecular formula is C10H9ClF3NO2. The number of hydrogen-bond acceptors (Lipinski definition) is 2. The molecule has 1 aromatic carbocycles. The monoisotopic (exact) mass is 267 g/mol. The number of benzene rings is 1. The fourth-order valence-electron chi connectivity index (χ4n) is 1.12. The standard InChI is InChI=1S/C10H9ClF3NO2/c1-15(9(16)17-6-11)8-4-2-7(3-5-8)10(12,13)14/h2-5H,6H2,1H3. The number of anilines is 1. The molecule has 0 unspecified atom stereocenters. The first-order valence-corrected chi connectivity index (χ1v) is 5.03. The predicted molar refractivity (Wildman–Crippen MR) is 57.0 cm³/mol. The van der Waals surface area contributed by atoms with Crippen LogP contribution >= 0.6 is 11.6 Å². The van der Waals surface area contributed by atoms with Crippen molar-refractivity contribution in [3.8, 4) is 0 Å². The molecule has 0 heterocycles. The van der Waals surface area contributed by atoms with Gasteiger partial charge in [0.25, 0.3) is 0 Å². The summed E-state index contributed by atoms with van der Waals surface area (Å²) >= 11 is 5.19. The minimum Gasteiger partial charge on any atom is -0.433 e. The molecule has 94 valence electrons. The number of alkyl halides is 4. The van der Waals surface area contributed by atoms with Crippen molar-refractivity contribution in [2.75, 3.05) is 18.0 Å². The molecule has 0 N–H and O–H groups in total. The van der Waals surface area contributed by atoms with Crippen molar-refractivity contribution in [2.24, 2.45) is 0 Å². The van der Waals surface area contributed by atoms with Gasteiger partial charge in [-0.3, -0.25) is 4.90 Å². The van der Waals surface area contributed by atoms with Gasteiger partial charge in [-0.25, -0.2) is 4.79 Å². The summed E-state index contributed by atoms with van der Waals surface area (Å²) in [5.74, 6) is 0. The zero-order valence-corrected chi connectivity index (χ0v) is 9.55. The Morgan fingerprint density at radius 1 is 1.35 bits per heavy atom. The van der Waals surface area contributed by atoms with Crippen molar-refractivity contribution in [3.63, 3.8) is 0 Å². The Morgan fingerprint density at radius 3 is 2.29 bits per heavy atom. The van der Waals surface area contributed by atoms with Gasteiger partial charge in [-0.15, -0.1) is 0 Å². The minimum absolute atomic E-state index is 0.285. The second kappa shape index (κ2) is 5.27. The van der Waals surface area contributed by atoms with Crippen LogP contribution in [-0.4, -0.2) is 19.2 Å². The zero-order chi connectivity index (χ0) is 13.1. The Bertz CT molecular complexity index is 392. The molecule has 0 bridgehead atoms. The number of hydrogen-bond donors (Lipinski definition) is 0. The lowest BCUT2D eigenvalue weighted by molar-refractivity contribution is -0.137. The first-order chi connectivity index (χ1) is 7.86. The van der Waals surface area contributed by atoms with Gasteiger partial charge in [-0.2, -0.15) is 13.2 Å². The first kappa shape index (κ1) is 13.6. The van der Waals surface area contributed by atoms with Crippen LogP contribution in [0, 0.1) is 0 Å². The Balaban J connectivity index is 2.84. The quantitative estimate of drug-likeness (QED) is 0.768. The van der Waals surface area contributed by atoms with Crippen LogP contribution in [0.4, 0.5) is 23.7 Å². The van der Waals surface area contributed by atoms with Gasteiger partial charge in [0.1, 0.15) is 0 Å². The summed E-state index contributed by atoms with van der Waals surface area (Å²) < 4.78 is 41.3. The second-order valence-electron chi connectivity index (χ2n) is 3.12. The molecule has 1 amide bonds. The van der Waals surface area contributed by atoms with E-state index in [9.17, 15) is 18.0 Å². The highest BCUT2D eigenvalue weighted by atomic mass is 35.5. The SMILES string of the molecule is CN(C(=O)OCCl)c1ccc(C(F)(F)F)cc1. The largest absolute Gasteiger partial charge is 0.433 e. The van der Waals surface area contributed by atoms with E-state index in [1.807, 2.05) is 0 Å². The third-order valence-electron chi connectivity index (χ3n) is 2.03. The lowest BCUT2D eigenvalue weighted by atomic mass is 10.2. The number of nitrogens with zero attached hydrogens (tertiary/aromatic N) is 1. The smallest absolute Gasteiger partial charge is 0.416 e. The van der Waals surface area contributed by atoms with Gasteiger partial charge in [0, 0.05) is 12.7 Å². The Morgan fingerprint density at radius 2 is 1.88 bits per heavy atom. The van der Waals surface area contributed by atoms with E-state index in [2.05, 4.69) is 4.74 Å². The second-order valence-corrected chi connectivity index (χ2v) is 3.34. The van der Waals surface area contributed by atoms with Crippen LogP contribution in [0.2, 0.25) is 0 Å². The van der Waals surface area contributed by atoms with Gasteiger partial charge in [0.2, 0.25) is 0 Å². The van der Waals surface area contributed by atoms with Crippen LogP contribution in [-0.2, 0) is 10.9 Å². The lowest BCUT2D eigenvalue weighted by Gasteiger charge is -2.16. The van der Waals surface area contributed by atoms with Crippen molar-refractivity contribution in [1.29, 1.82) is 0 Å². The van der Waals surface area contributed by atoms with Gasteiger partial charge in [0.05, 0.1) is 5.56 Å². The topological polar surface area (TPSA) is 29.5 Å². The summed E-state index contributed by atoms with van der Waals surface area (Å²) in [6, 6.07) is 3.82. The molecule has 0 fully saturated rings. The summed E-state index contributed by atoms with van der Waals surface area (Å²) in [5, 5.41) is 0. The minimum atomic E-state index is -4.40. The van der Waals surface area contributed by atoms with Crippen molar-refractivity contribution in [2.45, 2.75) is 6.18 Å². The van der Waals surface area contributed by atoms with E-state index in [1.54, 1.807) is 0 Å². The van der Waals surface area contributed by atoms with E-state index < -0.39 is 17.8 Å². The van der Waals surface area contributed by atoms with Gasteiger partial charge in [-0.05, 0) is 24.3 Å². The lowest BCUT2D eigenvalue weighted by Crippen LogP contribution is -2.26. The number of ether oxygens (including phenoxy) is 1. The molecule has 1 rings (SSSR count). The van der Waals surface area contributed by atoms with E-state index in [0.29, 0.717) is 0 Å². The number of carbonyl (C=O) groups excluding carboxylic acids is 1. The number of carbonyl (C=O) groups is 1. The molecule has 3 nitrogen and oxygen atoms in total. The molecule has 0 aliphatic heterocycles. The van der Waals surface area contributed by atoms with Crippen molar-refractivity contribution >= 4 is 23.4 Å². The maximum absolute atomic E-state index is 12.3.